The van der Waals surface area contributed by atoms with Gasteiger partial charge in [0.2, 0.25) is 11.5 Å². The van der Waals surface area contributed by atoms with Crippen molar-refractivity contribution in [3.05, 3.63) is 59.3 Å². The van der Waals surface area contributed by atoms with Crippen LogP contribution in [0.15, 0.2) is 36.4 Å². The number of fused-ring (bicyclic) bond motifs is 1. The third-order valence-corrected chi connectivity index (χ3v) is 6.13. The number of aromatic nitrogens is 2. The molecule has 1 unspecified atom stereocenters. The molecule has 0 spiro atoms. The van der Waals surface area contributed by atoms with Crippen molar-refractivity contribution in [2.45, 2.75) is 44.9 Å². The first-order valence-electron chi connectivity index (χ1n) is 11.4. The minimum Gasteiger partial charge on any atom is -0.471 e. The number of hydrogen-bond acceptors (Lipinski definition) is 6. The lowest BCUT2D eigenvalue weighted by atomic mass is 9.91. The molecule has 3 aromatic rings. The van der Waals surface area contributed by atoms with Crippen molar-refractivity contribution in [2.24, 2.45) is 0 Å². The molecule has 204 valence electrons. The lowest BCUT2D eigenvalue weighted by Crippen LogP contribution is -2.52. The molecule has 1 atom stereocenters. The van der Waals surface area contributed by atoms with Gasteiger partial charge in [-0.15, -0.1) is 12.4 Å². The second-order valence-corrected chi connectivity index (χ2v) is 8.79. The van der Waals surface area contributed by atoms with Gasteiger partial charge in [-0.2, -0.15) is 18.2 Å². The molecule has 38 heavy (non-hydrogen) atoms. The Hall–Kier alpha value is -3.67. The number of nitrogens with zero attached hydrogens (tertiary/aromatic N) is 3. The van der Waals surface area contributed by atoms with Gasteiger partial charge in [-0.05, 0) is 49.6 Å². The quantitative estimate of drug-likeness (QED) is 0.385. The predicted molar refractivity (Wildman–Crippen MR) is 135 cm³/mol. The van der Waals surface area contributed by atoms with Gasteiger partial charge in [0.15, 0.2) is 0 Å². The van der Waals surface area contributed by atoms with Gasteiger partial charge in [-0.3, -0.25) is 4.79 Å². The number of halogens is 6. The molecule has 0 saturated carbocycles. The highest BCUT2D eigenvalue weighted by Crippen LogP contribution is 2.45. The fourth-order valence-corrected chi connectivity index (χ4v) is 4.39. The molecule has 7 nitrogen and oxygen atoms in total. The molecule has 13 heteroatoms. The van der Waals surface area contributed by atoms with E-state index in [-0.39, 0.29) is 47.7 Å². The van der Waals surface area contributed by atoms with E-state index in [0.717, 1.165) is 17.0 Å². The predicted octanol–water partition coefficient (Wildman–Crippen LogP) is 5.55. The summed E-state index contributed by atoms with van der Waals surface area (Å²) in [6.45, 7) is 2.83. The maximum Gasteiger partial charge on any atom is 0.389 e. The summed E-state index contributed by atoms with van der Waals surface area (Å²) in [5, 5.41) is 0. The van der Waals surface area contributed by atoms with Crippen LogP contribution >= 0.6 is 12.4 Å². The van der Waals surface area contributed by atoms with Crippen molar-refractivity contribution in [2.75, 3.05) is 22.9 Å². The van der Waals surface area contributed by atoms with Crippen molar-refractivity contribution in [1.29, 1.82) is 0 Å². The minimum atomic E-state index is -4.43. The van der Waals surface area contributed by atoms with Gasteiger partial charge in [0.05, 0.1) is 11.4 Å². The summed E-state index contributed by atoms with van der Waals surface area (Å²) in [6, 6.07) is 7.22. The van der Waals surface area contributed by atoms with E-state index in [1.807, 2.05) is 6.92 Å². The highest BCUT2D eigenvalue weighted by molar-refractivity contribution is 6.04. The summed E-state index contributed by atoms with van der Waals surface area (Å²) >= 11 is 0. The van der Waals surface area contributed by atoms with Gasteiger partial charge >= 0.3 is 6.18 Å². The molecule has 0 aliphatic carbocycles. The standard InChI is InChI=1S/C25H24F5N5O2.ClH/c1-3-17-20(21(31)34-23(32)33-17)13-5-6-19-18(9-13)35(8-4-7-25(28,29)30)22(36)24(2,37-19)14-10-15(26)12-16(27)11-14;/h5-6,9-12H,3-4,7-8H2,1-2H3,(H4,31,32,33,34);1H. The van der Waals surface area contributed by atoms with Crippen LogP contribution in [0.25, 0.3) is 11.1 Å². The first-order valence-corrected chi connectivity index (χ1v) is 11.4. The molecule has 1 amide bonds. The van der Waals surface area contributed by atoms with E-state index < -0.39 is 42.2 Å². The zero-order valence-electron chi connectivity index (χ0n) is 20.4. The number of carbonyl (C=O) groups excluding carboxylic acids is 1. The van der Waals surface area contributed by atoms with Crippen molar-refractivity contribution < 1.29 is 31.5 Å². The lowest BCUT2D eigenvalue weighted by Gasteiger charge is -2.41. The Morgan fingerprint density at radius 2 is 1.71 bits per heavy atom. The smallest absolute Gasteiger partial charge is 0.389 e. The number of carbonyl (C=O) groups is 1. The van der Waals surface area contributed by atoms with E-state index in [1.165, 1.54) is 19.1 Å². The van der Waals surface area contributed by atoms with Crippen molar-refractivity contribution in [3.63, 3.8) is 0 Å². The fourth-order valence-electron chi connectivity index (χ4n) is 4.39. The molecule has 2 heterocycles. The average Bonchev–Trinajstić information content (AvgIpc) is 2.79. The number of nitrogen functional groups attached to an aromatic ring is 2. The van der Waals surface area contributed by atoms with Gasteiger partial charge in [-0.25, -0.2) is 13.8 Å². The second-order valence-electron chi connectivity index (χ2n) is 8.79. The van der Waals surface area contributed by atoms with Crippen LogP contribution in [0, 0.1) is 11.6 Å². The molecule has 0 radical (unpaired) electrons. The second kappa shape index (κ2) is 10.6. The molecule has 1 aromatic heterocycles. The molecular formula is C25H25ClF5N5O2. The largest absolute Gasteiger partial charge is 0.471 e. The number of amides is 1. The Labute approximate surface area is 221 Å². The van der Waals surface area contributed by atoms with Crippen LogP contribution in [0.5, 0.6) is 5.75 Å². The summed E-state index contributed by atoms with van der Waals surface area (Å²) in [5.41, 5.74) is 11.5. The van der Waals surface area contributed by atoms with E-state index in [4.69, 9.17) is 16.2 Å². The summed E-state index contributed by atoms with van der Waals surface area (Å²) < 4.78 is 72.7. The summed E-state index contributed by atoms with van der Waals surface area (Å²) in [4.78, 5) is 23.0. The van der Waals surface area contributed by atoms with Crippen LogP contribution in [-0.2, 0) is 16.8 Å². The number of benzene rings is 2. The zero-order chi connectivity index (χ0) is 27.1. The lowest BCUT2D eigenvalue weighted by molar-refractivity contribution is -0.138. The molecule has 0 fully saturated rings. The van der Waals surface area contributed by atoms with Crippen LogP contribution in [0.2, 0.25) is 0 Å². The number of alkyl halides is 3. The highest BCUT2D eigenvalue weighted by Gasteiger charge is 2.47. The Bertz CT molecular complexity index is 1350. The van der Waals surface area contributed by atoms with Gasteiger partial charge in [0, 0.05) is 30.2 Å². The van der Waals surface area contributed by atoms with Crippen LogP contribution in [0.1, 0.15) is 37.9 Å². The first-order chi connectivity index (χ1) is 17.3. The Morgan fingerprint density at radius 1 is 1.05 bits per heavy atom. The van der Waals surface area contributed by atoms with Crippen LogP contribution in [0.4, 0.5) is 39.4 Å². The zero-order valence-corrected chi connectivity index (χ0v) is 21.2. The first kappa shape index (κ1) is 28.9. The third-order valence-electron chi connectivity index (χ3n) is 6.13. The number of ether oxygens (including phenoxy) is 1. The van der Waals surface area contributed by atoms with Crippen molar-refractivity contribution >= 4 is 35.8 Å². The molecule has 2 aromatic carbocycles. The van der Waals surface area contributed by atoms with E-state index in [9.17, 15) is 26.7 Å². The van der Waals surface area contributed by atoms with Gasteiger partial charge in [0.25, 0.3) is 5.91 Å². The van der Waals surface area contributed by atoms with E-state index in [1.54, 1.807) is 6.07 Å². The molecule has 0 bridgehead atoms. The molecule has 0 saturated heterocycles. The van der Waals surface area contributed by atoms with E-state index >= 15 is 0 Å². The monoisotopic (exact) mass is 557 g/mol. The SMILES string of the molecule is CCc1nc(N)nc(N)c1-c1ccc2c(c1)N(CCCC(F)(F)F)C(=O)C(C)(c1cc(F)cc(F)c1)O2.Cl. The normalized spacial score (nSPS) is 17.0. The molecule has 1 aliphatic rings. The maximum absolute atomic E-state index is 14.0. The average molecular weight is 558 g/mol. The Kier molecular flexibility index (Phi) is 8.06. The topological polar surface area (TPSA) is 107 Å². The number of aryl methyl sites for hydroxylation is 1. The van der Waals surface area contributed by atoms with Crippen LogP contribution in [-0.4, -0.2) is 28.6 Å². The van der Waals surface area contributed by atoms with Crippen molar-refractivity contribution in [1.82, 2.24) is 9.97 Å². The number of rotatable bonds is 6. The number of anilines is 3. The number of nitrogens with two attached hydrogens (primary N) is 2. The fraction of sp³-hybridized carbons (Fsp3) is 0.320. The number of hydrogen-bond donors (Lipinski definition) is 2. The summed E-state index contributed by atoms with van der Waals surface area (Å²) in [6.07, 6.45) is -5.51. The maximum atomic E-state index is 14.0. The Balaban J connectivity index is 0.00000400. The van der Waals surface area contributed by atoms with Crippen LogP contribution < -0.4 is 21.1 Å². The molecule has 4 N–H and O–H groups in total. The highest BCUT2D eigenvalue weighted by atomic mass is 35.5. The van der Waals surface area contributed by atoms with Gasteiger partial charge < -0.3 is 21.1 Å². The van der Waals surface area contributed by atoms with Crippen molar-refractivity contribution in [3.8, 4) is 16.9 Å². The van der Waals surface area contributed by atoms with E-state index in [0.29, 0.717) is 29.3 Å². The molecular weight excluding hydrogens is 533 g/mol. The molecule has 4 rings (SSSR count). The summed E-state index contributed by atoms with van der Waals surface area (Å²) in [7, 11) is 0. The van der Waals surface area contributed by atoms with Gasteiger partial charge in [-0.1, -0.05) is 13.0 Å². The van der Waals surface area contributed by atoms with Crippen LogP contribution in [0.3, 0.4) is 0 Å². The third kappa shape index (κ3) is 5.59. The van der Waals surface area contributed by atoms with E-state index in [2.05, 4.69) is 9.97 Å². The molecule has 1 aliphatic heterocycles. The van der Waals surface area contributed by atoms with Gasteiger partial charge in [0.1, 0.15) is 23.2 Å². The minimum absolute atomic E-state index is 0. The summed E-state index contributed by atoms with van der Waals surface area (Å²) in [5.74, 6) is -2.42. The Morgan fingerprint density at radius 3 is 2.32 bits per heavy atom.